The maximum atomic E-state index is 12.5. The van der Waals surface area contributed by atoms with Crippen molar-refractivity contribution < 1.29 is 13.3 Å². The average Bonchev–Trinajstić information content (AvgIpc) is 2.90. The Kier molecular flexibility index (Phi) is 6.20. The summed E-state index contributed by atoms with van der Waals surface area (Å²) >= 11 is 0. The molecule has 0 aliphatic rings. The molecule has 7 nitrogen and oxygen atoms in total. The lowest BCUT2D eigenvalue weighted by Gasteiger charge is -2.18. The minimum atomic E-state index is -3.60. The zero-order chi connectivity index (χ0) is 17.7. The molecule has 24 heavy (non-hydrogen) atoms. The quantitative estimate of drug-likeness (QED) is 0.518. The van der Waals surface area contributed by atoms with Gasteiger partial charge in [0.05, 0.1) is 35.6 Å². The summed E-state index contributed by atoms with van der Waals surface area (Å²) in [7, 11) is -3.60. The topological polar surface area (TPSA) is 99.3 Å². The SMILES string of the molecule is CC[NH+](CC)CCC[C@@H](C)NS(=O)(=O)c1ccc2[nH]c(=O)[nH]c2c1. The Balaban J connectivity index is 1.99. The number of hydrogen-bond acceptors (Lipinski definition) is 3. The second-order valence-electron chi connectivity index (χ2n) is 6.16. The molecule has 0 unspecified atom stereocenters. The molecule has 0 aliphatic heterocycles. The summed E-state index contributed by atoms with van der Waals surface area (Å²) in [6.07, 6.45) is 1.77. The van der Waals surface area contributed by atoms with Crippen molar-refractivity contribution in [1.29, 1.82) is 0 Å². The smallest absolute Gasteiger partial charge is 0.323 e. The maximum absolute atomic E-state index is 12.5. The van der Waals surface area contributed by atoms with E-state index in [4.69, 9.17) is 0 Å². The van der Waals surface area contributed by atoms with Crippen LogP contribution in [0.1, 0.15) is 33.6 Å². The van der Waals surface area contributed by atoms with Crippen LogP contribution < -0.4 is 15.3 Å². The van der Waals surface area contributed by atoms with E-state index in [9.17, 15) is 13.2 Å². The number of fused-ring (bicyclic) bond motifs is 1. The normalized spacial score (nSPS) is 13.7. The van der Waals surface area contributed by atoms with E-state index >= 15 is 0 Å². The number of sulfonamides is 1. The molecule has 2 aromatic rings. The molecule has 134 valence electrons. The molecule has 1 aromatic heterocycles. The van der Waals surface area contributed by atoms with Crippen LogP contribution in [0.3, 0.4) is 0 Å². The van der Waals surface area contributed by atoms with Gasteiger partial charge in [-0.15, -0.1) is 0 Å². The maximum Gasteiger partial charge on any atom is 0.323 e. The summed E-state index contributed by atoms with van der Waals surface area (Å²) in [5, 5.41) is 0. The fraction of sp³-hybridized carbons (Fsp3) is 0.562. The lowest BCUT2D eigenvalue weighted by Crippen LogP contribution is -3.11. The Hall–Kier alpha value is -1.64. The predicted octanol–water partition coefficient (Wildman–Crippen LogP) is 0.228. The van der Waals surface area contributed by atoms with E-state index < -0.39 is 10.0 Å². The molecular weight excluding hydrogens is 328 g/mol. The zero-order valence-electron chi connectivity index (χ0n) is 14.5. The van der Waals surface area contributed by atoms with Crippen LogP contribution in [0.5, 0.6) is 0 Å². The number of aromatic nitrogens is 2. The fourth-order valence-electron chi connectivity index (χ4n) is 2.83. The van der Waals surface area contributed by atoms with E-state index in [1.165, 1.54) is 17.0 Å². The van der Waals surface area contributed by atoms with Gasteiger partial charge in [-0.25, -0.2) is 17.9 Å². The molecule has 1 heterocycles. The number of rotatable bonds is 9. The summed E-state index contributed by atoms with van der Waals surface area (Å²) in [4.78, 5) is 18.1. The molecule has 0 radical (unpaired) electrons. The zero-order valence-corrected chi connectivity index (χ0v) is 15.3. The molecular formula is C16H27N4O3S+. The number of benzene rings is 1. The van der Waals surface area contributed by atoms with E-state index in [-0.39, 0.29) is 16.6 Å². The molecule has 0 bridgehead atoms. The van der Waals surface area contributed by atoms with Gasteiger partial charge in [0, 0.05) is 6.04 Å². The van der Waals surface area contributed by atoms with Gasteiger partial charge in [0.1, 0.15) is 0 Å². The number of imidazole rings is 1. The van der Waals surface area contributed by atoms with Gasteiger partial charge < -0.3 is 14.9 Å². The fourth-order valence-corrected chi connectivity index (χ4v) is 4.14. The number of quaternary nitrogens is 1. The van der Waals surface area contributed by atoms with Gasteiger partial charge in [0.25, 0.3) is 0 Å². The van der Waals surface area contributed by atoms with E-state index in [0.29, 0.717) is 11.0 Å². The summed E-state index contributed by atoms with van der Waals surface area (Å²) in [5.41, 5.74) is 0.731. The minimum Gasteiger partial charge on any atom is -0.335 e. The Labute approximate surface area is 142 Å². The van der Waals surface area contributed by atoms with Gasteiger partial charge >= 0.3 is 5.69 Å². The first-order valence-electron chi connectivity index (χ1n) is 8.43. The van der Waals surface area contributed by atoms with E-state index in [1.54, 1.807) is 6.07 Å². The molecule has 1 atom stereocenters. The van der Waals surface area contributed by atoms with Gasteiger partial charge in [-0.05, 0) is 51.8 Å². The standard InChI is InChI=1S/C16H26N4O3S/c1-4-20(5-2)10-6-7-12(3)19-24(22,23)13-8-9-14-15(11-13)18-16(21)17-14/h8-9,11-12,19H,4-7,10H2,1-3H3,(H2,17,18,21)/p+1/t12-/m1/s1. The first-order valence-corrected chi connectivity index (χ1v) is 9.92. The molecule has 2 rings (SSSR count). The average molecular weight is 355 g/mol. The van der Waals surface area contributed by atoms with E-state index in [0.717, 1.165) is 32.5 Å². The highest BCUT2D eigenvalue weighted by atomic mass is 32.2. The van der Waals surface area contributed by atoms with Crippen molar-refractivity contribution in [3.63, 3.8) is 0 Å². The third kappa shape index (κ3) is 4.68. The number of H-pyrrole nitrogens is 2. The molecule has 4 N–H and O–H groups in total. The van der Waals surface area contributed by atoms with Crippen molar-refractivity contribution >= 4 is 21.1 Å². The highest BCUT2D eigenvalue weighted by Gasteiger charge is 2.18. The van der Waals surface area contributed by atoms with Crippen LogP contribution in [0.15, 0.2) is 27.9 Å². The first kappa shape index (κ1) is 18.7. The van der Waals surface area contributed by atoms with Crippen LogP contribution in [-0.2, 0) is 10.0 Å². The lowest BCUT2D eigenvalue weighted by atomic mass is 10.2. The largest absolute Gasteiger partial charge is 0.335 e. The van der Waals surface area contributed by atoms with Gasteiger partial charge in [-0.2, -0.15) is 0 Å². The first-order chi connectivity index (χ1) is 11.4. The molecule has 1 aromatic carbocycles. The number of aromatic amines is 2. The Morgan fingerprint density at radius 3 is 2.50 bits per heavy atom. The van der Waals surface area contributed by atoms with Crippen LogP contribution in [0, 0.1) is 0 Å². The third-order valence-electron chi connectivity index (χ3n) is 4.32. The molecule has 0 spiro atoms. The molecule has 0 amide bonds. The van der Waals surface area contributed by atoms with Crippen LogP contribution in [0.25, 0.3) is 11.0 Å². The predicted molar refractivity (Wildman–Crippen MR) is 94.8 cm³/mol. The third-order valence-corrected chi connectivity index (χ3v) is 5.91. The van der Waals surface area contributed by atoms with Gasteiger partial charge in [0.2, 0.25) is 10.0 Å². The molecule has 0 saturated heterocycles. The Bertz CT molecular complexity index is 821. The Morgan fingerprint density at radius 2 is 1.83 bits per heavy atom. The van der Waals surface area contributed by atoms with E-state index in [1.807, 2.05) is 6.92 Å². The lowest BCUT2D eigenvalue weighted by molar-refractivity contribution is -0.896. The van der Waals surface area contributed by atoms with Crippen LogP contribution in [0.4, 0.5) is 0 Å². The van der Waals surface area contributed by atoms with Crippen LogP contribution in [0.2, 0.25) is 0 Å². The van der Waals surface area contributed by atoms with Crippen LogP contribution in [-0.4, -0.2) is 44.1 Å². The number of hydrogen-bond donors (Lipinski definition) is 4. The molecule has 0 saturated carbocycles. The van der Waals surface area contributed by atoms with Gasteiger partial charge in [-0.3, -0.25) is 0 Å². The van der Waals surface area contributed by atoms with Crippen molar-refractivity contribution in [2.24, 2.45) is 0 Å². The second-order valence-corrected chi connectivity index (χ2v) is 7.87. The molecule has 0 fully saturated rings. The molecule has 8 heteroatoms. The molecule has 0 aliphatic carbocycles. The van der Waals surface area contributed by atoms with Crippen molar-refractivity contribution in [3.8, 4) is 0 Å². The van der Waals surface area contributed by atoms with Gasteiger partial charge in [0.15, 0.2) is 0 Å². The number of nitrogens with one attached hydrogen (secondary N) is 4. The van der Waals surface area contributed by atoms with E-state index in [2.05, 4.69) is 28.5 Å². The van der Waals surface area contributed by atoms with Crippen molar-refractivity contribution in [3.05, 3.63) is 28.7 Å². The summed E-state index contributed by atoms with van der Waals surface area (Å²) in [6, 6.07) is 4.44. The van der Waals surface area contributed by atoms with Crippen molar-refractivity contribution in [1.82, 2.24) is 14.7 Å². The summed E-state index contributed by atoms with van der Waals surface area (Å²) in [5.74, 6) is 0. The van der Waals surface area contributed by atoms with Crippen molar-refractivity contribution in [2.45, 2.75) is 44.6 Å². The van der Waals surface area contributed by atoms with Crippen LogP contribution >= 0.6 is 0 Å². The Morgan fingerprint density at radius 1 is 1.17 bits per heavy atom. The van der Waals surface area contributed by atoms with Crippen molar-refractivity contribution in [2.75, 3.05) is 19.6 Å². The summed E-state index contributed by atoms with van der Waals surface area (Å²) in [6.45, 7) is 9.43. The summed E-state index contributed by atoms with van der Waals surface area (Å²) < 4.78 is 27.7. The van der Waals surface area contributed by atoms with Gasteiger partial charge in [-0.1, -0.05) is 0 Å². The second kappa shape index (κ2) is 7.96. The highest BCUT2D eigenvalue weighted by Crippen LogP contribution is 2.15. The highest BCUT2D eigenvalue weighted by molar-refractivity contribution is 7.89. The monoisotopic (exact) mass is 355 g/mol. The minimum absolute atomic E-state index is 0.133.